The van der Waals surface area contributed by atoms with E-state index in [4.69, 9.17) is 9.47 Å². The topological polar surface area (TPSA) is 67.9 Å². The van der Waals surface area contributed by atoms with Gasteiger partial charge in [0.15, 0.2) is 0 Å². The average Bonchev–Trinajstić information content (AvgIpc) is 3.16. The van der Waals surface area contributed by atoms with Crippen molar-refractivity contribution in [3.8, 4) is 5.75 Å². The Balaban J connectivity index is 1.51. The summed E-state index contributed by atoms with van der Waals surface area (Å²) in [6, 6.07) is 5.17. The van der Waals surface area contributed by atoms with Crippen molar-refractivity contribution in [3.05, 3.63) is 23.8 Å². The molecule has 6 nitrogen and oxygen atoms in total. The molecule has 1 aromatic carbocycles. The largest absolute Gasteiger partial charge is 0.493 e. The third-order valence-electron chi connectivity index (χ3n) is 5.67. The standard InChI is InChI=1S/C18H26N2O4S2/c21-26(22,16-1-2-17-15(13-16)3-8-24-17)19-14-18(4-11-25-12-5-18)20-6-9-23-10-7-20/h1-2,13,19H,3-12,14H2. The van der Waals surface area contributed by atoms with Gasteiger partial charge in [-0.15, -0.1) is 0 Å². The van der Waals surface area contributed by atoms with Gasteiger partial charge in [-0.05, 0) is 48.1 Å². The Labute approximate surface area is 159 Å². The zero-order valence-corrected chi connectivity index (χ0v) is 16.5. The second kappa shape index (κ2) is 7.67. The van der Waals surface area contributed by atoms with Crippen molar-refractivity contribution >= 4 is 21.8 Å². The first-order chi connectivity index (χ1) is 12.6. The van der Waals surface area contributed by atoms with Gasteiger partial charge in [-0.2, -0.15) is 11.8 Å². The zero-order valence-electron chi connectivity index (χ0n) is 14.9. The molecule has 3 aliphatic heterocycles. The highest BCUT2D eigenvalue weighted by molar-refractivity contribution is 7.99. The van der Waals surface area contributed by atoms with E-state index in [9.17, 15) is 8.42 Å². The summed E-state index contributed by atoms with van der Waals surface area (Å²) in [6.07, 6.45) is 2.80. The summed E-state index contributed by atoms with van der Waals surface area (Å²) in [4.78, 5) is 2.78. The molecule has 0 radical (unpaired) electrons. The minimum Gasteiger partial charge on any atom is -0.493 e. The van der Waals surface area contributed by atoms with E-state index < -0.39 is 10.0 Å². The number of ether oxygens (including phenoxy) is 2. The fourth-order valence-corrected chi connectivity index (χ4v) is 6.46. The van der Waals surface area contributed by atoms with E-state index in [1.54, 1.807) is 18.2 Å². The lowest BCUT2D eigenvalue weighted by Gasteiger charge is -2.48. The van der Waals surface area contributed by atoms with Crippen LogP contribution in [-0.2, 0) is 21.2 Å². The maximum atomic E-state index is 12.9. The van der Waals surface area contributed by atoms with Crippen LogP contribution in [-0.4, -0.2) is 69.8 Å². The molecule has 2 fully saturated rings. The molecule has 0 aromatic heterocycles. The smallest absolute Gasteiger partial charge is 0.240 e. The van der Waals surface area contributed by atoms with Gasteiger partial charge in [0.1, 0.15) is 5.75 Å². The lowest BCUT2D eigenvalue weighted by molar-refractivity contribution is -0.0242. The first-order valence-corrected chi connectivity index (χ1v) is 11.9. The van der Waals surface area contributed by atoms with E-state index in [1.807, 2.05) is 11.8 Å². The highest BCUT2D eigenvalue weighted by atomic mass is 32.2. The number of hydrogen-bond donors (Lipinski definition) is 1. The Hall–Kier alpha value is -0.800. The van der Waals surface area contributed by atoms with Gasteiger partial charge in [0, 0.05) is 31.6 Å². The fraction of sp³-hybridized carbons (Fsp3) is 0.667. The second-order valence-corrected chi connectivity index (χ2v) is 10.1. The van der Waals surface area contributed by atoms with E-state index in [-0.39, 0.29) is 5.54 Å². The van der Waals surface area contributed by atoms with Crippen molar-refractivity contribution in [2.45, 2.75) is 29.7 Å². The summed E-state index contributed by atoms with van der Waals surface area (Å²) in [6.45, 7) is 4.30. The molecule has 144 valence electrons. The molecule has 0 atom stereocenters. The van der Waals surface area contributed by atoms with E-state index in [1.165, 1.54) is 0 Å². The molecule has 0 bridgehead atoms. The van der Waals surface area contributed by atoms with E-state index >= 15 is 0 Å². The van der Waals surface area contributed by atoms with Gasteiger partial charge in [-0.3, -0.25) is 4.90 Å². The molecule has 3 heterocycles. The number of hydrogen-bond acceptors (Lipinski definition) is 6. The van der Waals surface area contributed by atoms with Gasteiger partial charge in [0.2, 0.25) is 10.0 Å². The number of sulfonamides is 1. The number of nitrogens with zero attached hydrogens (tertiary/aromatic N) is 1. The molecule has 0 amide bonds. The predicted molar refractivity (Wildman–Crippen MR) is 103 cm³/mol. The molecule has 0 saturated carbocycles. The Bertz CT molecular complexity index is 742. The molecule has 2 saturated heterocycles. The minimum absolute atomic E-state index is 0.0953. The monoisotopic (exact) mass is 398 g/mol. The first kappa shape index (κ1) is 18.6. The fourth-order valence-electron chi connectivity index (χ4n) is 4.04. The number of fused-ring (bicyclic) bond motifs is 1. The number of rotatable bonds is 5. The minimum atomic E-state index is -3.53. The lowest BCUT2D eigenvalue weighted by Crippen LogP contribution is -2.60. The van der Waals surface area contributed by atoms with Gasteiger partial charge in [0.05, 0.1) is 24.7 Å². The zero-order chi connectivity index (χ0) is 18.0. The van der Waals surface area contributed by atoms with Gasteiger partial charge >= 0.3 is 0 Å². The van der Waals surface area contributed by atoms with E-state index in [0.717, 1.165) is 68.4 Å². The maximum absolute atomic E-state index is 12.9. The van der Waals surface area contributed by atoms with E-state index in [2.05, 4.69) is 9.62 Å². The summed E-state index contributed by atoms with van der Waals surface area (Å²) in [5, 5.41) is 0. The second-order valence-electron chi connectivity index (χ2n) is 7.13. The van der Waals surface area contributed by atoms with Crippen LogP contribution in [0.1, 0.15) is 18.4 Å². The molecule has 1 N–H and O–H groups in total. The SMILES string of the molecule is O=S(=O)(NCC1(N2CCOCC2)CCSCC1)c1ccc2c(c1)CCO2. The summed E-state index contributed by atoms with van der Waals surface area (Å²) in [5.74, 6) is 2.96. The highest BCUT2D eigenvalue weighted by Crippen LogP contribution is 2.33. The third-order valence-corrected chi connectivity index (χ3v) is 8.05. The molecule has 26 heavy (non-hydrogen) atoms. The van der Waals surface area contributed by atoms with Crippen molar-refractivity contribution in [2.75, 3.05) is 51.0 Å². The highest BCUT2D eigenvalue weighted by Gasteiger charge is 2.39. The van der Waals surface area contributed by atoms with E-state index in [0.29, 0.717) is 18.0 Å². The maximum Gasteiger partial charge on any atom is 0.240 e. The average molecular weight is 399 g/mol. The van der Waals surface area contributed by atoms with Crippen molar-refractivity contribution in [2.24, 2.45) is 0 Å². The summed E-state index contributed by atoms with van der Waals surface area (Å²) >= 11 is 1.96. The van der Waals surface area contributed by atoms with Gasteiger partial charge in [-0.25, -0.2) is 13.1 Å². The van der Waals surface area contributed by atoms with Crippen LogP contribution in [0.3, 0.4) is 0 Å². The van der Waals surface area contributed by atoms with Crippen LogP contribution >= 0.6 is 11.8 Å². The summed E-state index contributed by atoms with van der Waals surface area (Å²) in [7, 11) is -3.53. The normalized spacial score (nSPS) is 23.4. The molecule has 3 aliphatic rings. The molecule has 0 spiro atoms. The van der Waals surface area contributed by atoms with Crippen molar-refractivity contribution < 1.29 is 17.9 Å². The Kier molecular flexibility index (Phi) is 5.48. The molecule has 4 rings (SSSR count). The first-order valence-electron chi connectivity index (χ1n) is 9.25. The number of thioether (sulfide) groups is 1. The van der Waals surface area contributed by atoms with Gasteiger partial charge in [0.25, 0.3) is 0 Å². The van der Waals surface area contributed by atoms with Crippen molar-refractivity contribution in [1.82, 2.24) is 9.62 Å². The number of morpholine rings is 1. The van der Waals surface area contributed by atoms with Crippen LogP contribution in [0.5, 0.6) is 5.75 Å². The van der Waals surface area contributed by atoms with Crippen molar-refractivity contribution in [3.63, 3.8) is 0 Å². The Morgan fingerprint density at radius 2 is 1.92 bits per heavy atom. The van der Waals surface area contributed by atoms with Crippen LogP contribution in [0, 0.1) is 0 Å². The molecule has 8 heteroatoms. The van der Waals surface area contributed by atoms with Crippen LogP contribution in [0.15, 0.2) is 23.1 Å². The van der Waals surface area contributed by atoms with Gasteiger partial charge in [-0.1, -0.05) is 0 Å². The number of nitrogens with one attached hydrogen (secondary N) is 1. The Morgan fingerprint density at radius 3 is 2.69 bits per heavy atom. The van der Waals surface area contributed by atoms with Crippen LogP contribution in [0.25, 0.3) is 0 Å². The molecular formula is C18H26N2O4S2. The van der Waals surface area contributed by atoms with Crippen LogP contribution in [0.2, 0.25) is 0 Å². The summed E-state index contributed by atoms with van der Waals surface area (Å²) in [5.41, 5.74) is 0.881. The number of benzene rings is 1. The molecule has 0 aliphatic carbocycles. The lowest BCUT2D eigenvalue weighted by atomic mass is 9.89. The van der Waals surface area contributed by atoms with Crippen molar-refractivity contribution in [1.29, 1.82) is 0 Å². The summed E-state index contributed by atoms with van der Waals surface area (Å²) < 4.78 is 39.7. The molecule has 0 unspecified atom stereocenters. The predicted octanol–water partition coefficient (Wildman–Crippen LogP) is 1.50. The van der Waals surface area contributed by atoms with Crippen LogP contribution < -0.4 is 9.46 Å². The third kappa shape index (κ3) is 3.75. The Morgan fingerprint density at radius 1 is 1.15 bits per heavy atom. The van der Waals surface area contributed by atoms with Gasteiger partial charge < -0.3 is 9.47 Å². The van der Waals surface area contributed by atoms with Crippen LogP contribution in [0.4, 0.5) is 0 Å². The molecule has 1 aromatic rings. The quantitative estimate of drug-likeness (QED) is 0.811. The molecular weight excluding hydrogens is 372 g/mol.